The molecule has 1 saturated heterocycles. The molecule has 124 valence electrons. The normalized spacial score (nSPS) is 14.9. The highest BCUT2D eigenvalue weighted by atomic mass is 15.3. The van der Waals surface area contributed by atoms with Crippen LogP contribution in [0.25, 0.3) is 11.0 Å². The Morgan fingerprint density at radius 3 is 2.75 bits per heavy atom. The summed E-state index contributed by atoms with van der Waals surface area (Å²) in [5, 5.41) is 17.0. The zero-order valence-electron chi connectivity index (χ0n) is 14.1. The molecule has 1 aliphatic heterocycles. The van der Waals surface area contributed by atoms with Gasteiger partial charge in [-0.2, -0.15) is 10.2 Å². The van der Waals surface area contributed by atoms with Crippen LogP contribution in [0.2, 0.25) is 0 Å². The molecule has 1 N–H and O–H groups in total. The summed E-state index contributed by atoms with van der Waals surface area (Å²) in [5.41, 5.74) is 1.80. The Labute approximate surface area is 139 Å². The van der Waals surface area contributed by atoms with Gasteiger partial charge in [0, 0.05) is 32.6 Å². The molecule has 0 aromatic carbocycles. The number of fused-ring (bicyclic) bond motifs is 1. The SMILES string of the molecule is Cc1ccc(N2CC(CNc3nc(C)nc4c3cnn4C)C2)nn1. The zero-order valence-corrected chi connectivity index (χ0v) is 14.1. The van der Waals surface area contributed by atoms with Gasteiger partial charge in [0.25, 0.3) is 0 Å². The van der Waals surface area contributed by atoms with E-state index in [9.17, 15) is 0 Å². The Morgan fingerprint density at radius 1 is 1.17 bits per heavy atom. The van der Waals surface area contributed by atoms with Crippen LogP contribution in [-0.2, 0) is 7.05 Å². The lowest BCUT2D eigenvalue weighted by Crippen LogP contribution is -2.50. The fourth-order valence-corrected chi connectivity index (χ4v) is 2.95. The van der Waals surface area contributed by atoms with Crippen molar-refractivity contribution < 1.29 is 0 Å². The van der Waals surface area contributed by atoms with E-state index in [1.165, 1.54) is 0 Å². The predicted molar refractivity (Wildman–Crippen MR) is 92.0 cm³/mol. The highest BCUT2D eigenvalue weighted by Gasteiger charge is 2.28. The second kappa shape index (κ2) is 5.70. The Hall–Kier alpha value is -2.77. The van der Waals surface area contributed by atoms with Crippen LogP contribution in [0, 0.1) is 19.8 Å². The van der Waals surface area contributed by atoms with Crippen LogP contribution in [0.3, 0.4) is 0 Å². The smallest absolute Gasteiger partial charge is 0.163 e. The number of hydrogen-bond acceptors (Lipinski definition) is 7. The highest BCUT2D eigenvalue weighted by Crippen LogP contribution is 2.24. The van der Waals surface area contributed by atoms with Gasteiger partial charge in [0.15, 0.2) is 11.5 Å². The molecule has 8 nitrogen and oxygen atoms in total. The van der Waals surface area contributed by atoms with Crippen molar-refractivity contribution in [2.75, 3.05) is 29.9 Å². The second-order valence-electron chi connectivity index (χ2n) is 6.31. The molecule has 0 spiro atoms. The molecular formula is C16H20N8. The monoisotopic (exact) mass is 324 g/mol. The van der Waals surface area contributed by atoms with E-state index < -0.39 is 0 Å². The molecule has 24 heavy (non-hydrogen) atoms. The molecule has 1 aliphatic rings. The maximum atomic E-state index is 4.52. The molecule has 3 aromatic rings. The summed E-state index contributed by atoms with van der Waals surface area (Å²) in [6.45, 7) is 6.67. The Balaban J connectivity index is 1.39. The maximum absolute atomic E-state index is 4.52. The standard InChI is InChI=1S/C16H20N8/c1-10-4-5-14(22-21-10)24-8-12(9-24)6-17-15-13-7-18-23(3)16(13)20-11(2)19-15/h4-5,7,12H,6,8-9H2,1-3H3,(H,17,19,20). The Morgan fingerprint density at radius 2 is 2.00 bits per heavy atom. The molecule has 8 heteroatoms. The molecular weight excluding hydrogens is 304 g/mol. The number of aromatic nitrogens is 6. The molecule has 3 aromatic heterocycles. The van der Waals surface area contributed by atoms with Gasteiger partial charge in [-0.1, -0.05) is 0 Å². The van der Waals surface area contributed by atoms with E-state index in [4.69, 9.17) is 0 Å². The molecule has 0 atom stereocenters. The van der Waals surface area contributed by atoms with Crippen LogP contribution < -0.4 is 10.2 Å². The van der Waals surface area contributed by atoms with Gasteiger partial charge in [-0.15, -0.1) is 5.10 Å². The van der Waals surface area contributed by atoms with E-state index in [2.05, 4.69) is 35.5 Å². The summed E-state index contributed by atoms with van der Waals surface area (Å²) in [7, 11) is 1.89. The first-order valence-electron chi connectivity index (χ1n) is 8.05. The number of nitrogens with one attached hydrogen (secondary N) is 1. The highest BCUT2D eigenvalue weighted by molar-refractivity contribution is 5.86. The molecule has 0 radical (unpaired) electrons. The van der Waals surface area contributed by atoms with Crippen molar-refractivity contribution in [3.05, 3.63) is 29.8 Å². The molecule has 0 amide bonds. The maximum Gasteiger partial charge on any atom is 0.163 e. The number of aryl methyl sites for hydroxylation is 3. The average Bonchev–Trinajstić information content (AvgIpc) is 2.89. The van der Waals surface area contributed by atoms with Crippen LogP contribution in [0.1, 0.15) is 11.5 Å². The summed E-state index contributed by atoms with van der Waals surface area (Å²) >= 11 is 0. The predicted octanol–water partition coefficient (Wildman–Crippen LogP) is 1.32. The minimum atomic E-state index is 0.565. The molecule has 0 aliphatic carbocycles. The summed E-state index contributed by atoms with van der Waals surface area (Å²) in [4.78, 5) is 11.2. The van der Waals surface area contributed by atoms with Gasteiger partial charge in [0.05, 0.1) is 17.3 Å². The second-order valence-corrected chi connectivity index (χ2v) is 6.31. The Bertz CT molecular complexity index is 864. The summed E-state index contributed by atoms with van der Waals surface area (Å²) in [6.07, 6.45) is 1.81. The first-order chi connectivity index (χ1) is 11.6. The number of anilines is 2. The van der Waals surface area contributed by atoms with E-state index in [0.717, 1.165) is 53.8 Å². The first kappa shape index (κ1) is 14.8. The van der Waals surface area contributed by atoms with Gasteiger partial charge in [0.2, 0.25) is 0 Å². The first-order valence-corrected chi connectivity index (χ1v) is 8.05. The molecule has 4 rings (SSSR count). The fourth-order valence-electron chi connectivity index (χ4n) is 2.95. The van der Waals surface area contributed by atoms with Crippen molar-refractivity contribution in [2.45, 2.75) is 13.8 Å². The van der Waals surface area contributed by atoms with Gasteiger partial charge in [0.1, 0.15) is 11.6 Å². The Kier molecular flexibility index (Phi) is 3.51. The van der Waals surface area contributed by atoms with Crippen molar-refractivity contribution in [3.8, 4) is 0 Å². The summed E-state index contributed by atoms with van der Waals surface area (Å²) in [6, 6.07) is 4.02. The molecule has 4 heterocycles. The van der Waals surface area contributed by atoms with Crippen molar-refractivity contribution in [1.82, 2.24) is 29.9 Å². The summed E-state index contributed by atoms with van der Waals surface area (Å²) < 4.78 is 1.77. The quantitative estimate of drug-likeness (QED) is 0.774. The molecule has 0 unspecified atom stereocenters. The van der Waals surface area contributed by atoms with Gasteiger partial charge in [-0.3, -0.25) is 4.68 Å². The van der Waals surface area contributed by atoms with E-state index in [0.29, 0.717) is 5.92 Å². The van der Waals surface area contributed by atoms with Crippen LogP contribution in [-0.4, -0.2) is 49.6 Å². The van der Waals surface area contributed by atoms with Gasteiger partial charge in [-0.05, 0) is 26.0 Å². The summed E-state index contributed by atoms with van der Waals surface area (Å²) in [5.74, 6) is 3.12. The fraction of sp³-hybridized carbons (Fsp3) is 0.438. The third kappa shape index (κ3) is 2.64. The van der Waals surface area contributed by atoms with E-state index in [1.54, 1.807) is 4.68 Å². The third-order valence-corrected chi connectivity index (χ3v) is 4.33. The third-order valence-electron chi connectivity index (χ3n) is 4.33. The molecule has 0 saturated carbocycles. The van der Waals surface area contributed by atoms with Gasteiger partial charge >= 0.3 is 0 Å². The minimum Gasteiger partial charge on any atom is -0.369 e. The lowest BCUT2D eigenvalue weighted by molar-refractivity contribution is 0.425. The minimum absolute atomic E-state index is 0.565. The molecule has 0 bridgehead atoms. The van der Waals surface area contributed by atoms with Crippen molar-refractivity contribution >= 4 is 22.7 Å². The lowest BCUT2D eigenvalue weighted by atomic mass is 10.0. The lowest BCUT2D eigenvalue weighted by Gasteiger charge is -2.40. The topological polar surface area (TPSA) is 84.6 Å². The van der Waals surface area contributed by atoms with E-state index in [1.807, 2.05) is 39.2 Å². The van der Waals surface area contributed by atoms with Gasteiger partial charge < -0.3 is 10.2 Å². The molecule has 1 fully saturated rings. The van der Waals surface area contributed by atoms with Crippen LogP contribution in [0.15, 0.2) is 18.3 Å². The van der Waals surface area contributed by atoms with E-state index in [-0.39, 0.29) is 0 Å². The van der Waals surface area contributed by atoms with Crippen molar-refractivity contribution in [3.63, 3.8) is 0 Å². The van der Waals surface area contributed by atoms with Crippen molar-refractivity contribution in [1.29, 1.82) is 0 Å². The zero-order chi connectivity index (χ0) is 16.7. The number of nitrogens with zero attached hydrogens (tertiary/aromatic N) is 7. The van der Waals surface area contributed by atoms with E-state index >= 15 is 0 Å². The largest absolute Gasteiger partial charge is 0.369 e. The number of hydrogen-bond donors (Lipinski definition) is 1. The average molecular weight is 324 g/mol. The van der Waals surface area contributed by atoms with Crippen LogP contribution in [0.5, 0.6) is 0 Å². The number of rotatable bonds is 4. The van der Waals surface area contributed by atoms with Crippen LogP contribution >= 0.6 is 0 Å². The van der Waals surface area contributed by atoms with Crippen LogP contribution in [0.4, 0.5) is 11.6 Å². The van der Waals surface area contributed by atoms with Crippen molar-refractivity contribution in [2.24, 2.45) is 13.0 Å². The van der Waals surface area contributed by atoms with Gasteiger partial charge in [-0.25, -0.2) is 9.97 Å².